The van der Waals surface area contributed by atoms with Crippen molar-refractivity contribution < 1.29 is 73.8 Å². The number of nitrogens with zero attached hydrogens (tertiary/aromatic N) is 1. The first-order valence-corrected chi connectivity index (χ1v) is 4.21. The maximum Gasteiger partial charge on any atom is 1.00 e. The number of aliphatic carboxylic acids is 1. The number of hydrogen-bond acceptors (Lipinski definition) is 5. The largest absolute Gasteiger partial charge is 1.00 e. The average Bonchev–Trinajstić information content (AvgIpc) is 2.04. The minimum absolute atomic E-state index is 0. The molecule has 1 fully saturated rings. The van der Waals surface area contributed by atoms with Crippen LogP contribution in [0.25, 0.3) is 0 Å². The molecule has 0 N–H and O–H groups in total. The topological polar surface area (TPSA) is 52.6 Å². The van der Waals surface area contributed by atoms with Crippen molar-refractivity contribution in [2.45, 2.75) is 6.04 Å². The molecule has 0 radical (unpaired) electrons. The van der Waals surface area contributed by atoms with Gasteiger partial charge in [-0.1, -0.05) is 4.32 Å². The van der Waals surface area contributed by atoms with E-state index in [1.165, 1.54) is 4.90 Å². The molecule has 14 heavy (non-hydrogen) atoms. The molecule has 4 nitrogen and oxygen atoms in total. The predicted molar refractivity (Wildman–Crippen MR) is 46.3 cm³/mol. The van der Waals surface area contributed by atoms with Gasteiger partial charge in [0.2, 0.25) is 0 Å². The van der Waals surface area contributed by atoms with Gasteiger partial charge in [-0.2, -0.15) is 0 Å². The summed E-state index contributed by atoms with van der Waals surface area (Å²) in [6, 6.07) is -0.816. The molecule has 1 saturated heterocycles. The molecule has 0 aliphatic carbocycles. The fourth-order valence-electron chi connectivity index (χ4n) is 1.02. The van der Waals surface area contributed by atoms with Gasteiger partial charge in [0.05, 0.1) is 25.2 Å². The molecule has 1 aliphatic rings. The van der Waals surface area contributed by atoms with Gasteiger partial charge in [0.15, 0.2) is 0 Å². The molecule has 1 atom stereocenters. The summed E-state index contributed by atoms with van der Waals surface area (Å²) in [7, 11) is 0. The number of hydrogen-bond donors (Lipinski definition) is 0. The van der Waals surface area contributed by atoms with E-state index in [1.807, 2.05) is 0 Å². The molecule has 1 aliphatic heterocycles. The standard InChI is InChI=1S/C6H9NO3S2.2Na/c8-5(9)4-3-10-2-1-7(4)6(11)12;;/h4H,1-3H2,(H,8,9)(H,11,12);;/q;2*+1/p-2. The SMILES string of the molecule is O=C([O-])C1COCCN1C(=S)[S-].[Na+].[Na+]. The fraction of sp³-hybridized carbons (Fsp3) is 0.667. The van der Waals surface area contributed by atoms with Crippen LogP contribution in [0.15, 0.2) is 0 Å². The molecule has 0 aromatic carbocycles. The van der Waals surface area contributed by atoms with E-state index in [-0.39, 0.29) is 70.0 Å². The zero-order valence-electron chi connectivity index (χ0n) is 8.19. The van der Waals surface area contributed by atoms with E-state index in [4.69, 9.17) is 29.6 Å². The van der Waals surface area contributed by atoms with Gasteiger partial charge in [0.25, 0.3) is 0 Å². The van der Waals surface area contributed by atoms with Gasteiger partial charge < -0.3 is 44.4 Å². The minimum atomic E-state index is -1.19. The van der Waals surface area contributed by atoms with E-state index in [9.17, 15) is 9.90 Å². The molecular formula is C6H7NNa2O3S2. The average molecular weight is 251 g/mol. The van der Waals surface area contributed by atoms with Gasteiger partial charge in [-0.25, -0.2) is 0 Å². The Morgan fingerprint density at radius 2 is 2.14 bits per heavy atom. The molecule has 1 unspecified atom stereocenters. The van der Waals surface area contributed by atoms with Crippen LogP contribution in [-0.2, 0) is 22.2 Å². The molecule has 0 amide bonds. The second kappa shape index (κ2) is 8.66. The van der Waals surface area contributed by atoms with E-state index in [0.717, 1.165) is 0 Å². The summed E-state index contributed by atoms with van der Waals surface area (Å²) >= 11 is 9.41. The molecule has 1 heterocycles. The van der Waals surface area contributed by atoms with Crippen molar-refractivity contribution in [3.05, 3.63) is 0 Å². The Balaban J connectivity index is 0. The maximum atomic E-state index is 10.5. The van der Waals surface area contributed by atoms with E-state index in [2.05, 4.69) is 0 Å². The van der Waals surface area contributed by atoms with Crippen LogP contribution >= 0.6 is 12.2 Å². The van der Waals surface area contributed by atoms with Gasteiger partial charge in [-0.15, -0.1) is 0 Å². The van der Waals surface area contributed by atoms with Gasteiger partial charge in [0, 0.05) is 6.54 Å². The third-order valence-corrected chi connectivity index (χ3v) is 2.10. The molecule has 68 valence electrons. The van der Waals surface area contributed by atoms with Crippen LogP contribution in [0.3, 0.4) is 0 Å². The normalized spacial score (nSPS) is 20.3. The third kappa shape index (κ3) is 5.05. The number of carboxylic acid groups (broad SMARTS) is 1. The number of carbonyl (C=O) groups is 1. The first kappa shape index (κ1) is 17.9. The van der Waals surface area contributed by atoms with Gasteiger partial charge >= 0.3 is 59.1 Å². The quantitative estimate of drug-likeness (QED) is 0.262. The zero-order valence-corrected chi connectivity index (χ0v) is 13.8. The van der Waals surface area contributed by atoms with Crippen LogP contribution < -0.4 is 64.2 Å². The maximum absolute atomic E-state index is 10.5. The fourth-order valence-corrected chi connectivity index (χ4v) is 1.45. The van der Waals surface area contributed by atoms with Crippen LogP contribution in [-0.4, -0.2) is 41.0 Å². The number of carboxylic acids is 1. The van der Waals surface area contributed by atoms with Crippen LogP contribution in [0.1, 0.15) is 0 Å². The first-order chi connectivity index (χ1) is 5.63. The molecule has 0 spiro atoms. The Morgan fingerprint density at radius 3 is 2.50 bits per heavy atom. The van der Waals surface area contributed by atoms with Crippen molar-refractivity contribution >= 4 is 35.1 Å². The van der Waals surface area contributed by atoms with Crippen LogP contribution in [0.4, 0.5) is 0 Å². The third-order valence-electron chi connectivity index (χ3n) is 1.64. The summed E-state index contributed by atoms with van der Waals surface area (Å²) in [5.74, 6) is -1.19. The minimum Gasteiger partial charge on any atom is -0.548 e. The van der Waals surface area contributed by atoms with Crippen molar-refractivity contribution in [3.63, 3.8) is 0 Å². The number of carbonyl (C=O) groups excluding carboxylic acids is 1. The monoisotopic (exact) mass is 251 g/mol. The first-order valence-electron chi connectivity index (χ1n) is 3.39. The second-order valence-electron chi connectivity index (χ2n) is 2.37. The van der Waals surface area contributed by atoms with Crippen molar-refractivity contribution in [2.24, 2.45) is 0 Å². The van der Waals surface area contributed by atoms with E-state index in [0.29, 0.717) is 13.2 Å². The number of rotatable bonds is 1. The Labute approximate surface area is 138 Å². The molecule has 8 heteroatoms. The summed E-state index contributed by atoms with van der Waals surface area (Å²) in [5.41, 5.74) is 0. The van der Waals surface area contributed by atoms with Crippen LogP contribution in [0, 0.1) is 0 Å². The summed E-state index contributed by atoms with van der Waals surface area (Å²) in [4.78, 5) is 12.0. The Bertz CT molecular complexity index is 195. The van der Waals surface area contributed by atoms with Crippen LogP contribution in [0.2, 0.25) is 0 Å². The molecule has 0 saturated carbocycles. The number of ether oxygens (including phenoxy) is 1. The van der Waals surface area contributed by atoms with E-state index < -0.39 is 12.0 Å². The predicted octanol–water partition coefficient (Wildman–Crippen LogP) is -7.72. The molecular weight excluding hydrogens is 244 g/mol. The molecule has 0 aromatic rings. The smallest absolute Gasteiger partial charge is 0.548 e. The van der Waals surface area contributed by atoms with Gasteiger partial charge in [-0.3, -0.25) is 0 Å². The van der Waals surface area contributed by atoms with Crippen molar-refractivity contribution in [1.82, 2.24) is 4.90 Å². The Kier molecular flexibility index (Phi) is 11.1. The van der Waals surface area contributed by atoms with Gasteiger partial charge in [-0.05, 0) is 0 Å². The molecule has 1 rings (SSSR count). The number of morpholine rings is 1. The summed E-state index contributed by atoms with van der Waals surface area (Å²) in [6.07, 6.45) is 0. The van der Waals surface area contributed by atoms with Crippen molar-refractivity contribution in [2.75, 3.05) is 19.8 Å². The van der Waals surface area contributed by atoms with E-state index in [1.54, 1.807) is 0 Å². The van der Waals surface area contributed by atoms with Gasteiger partial charge in [0.1, 0.15) is 0 Å². The van der Waals surface area contributed by atoms with Crippen molar-refractivity contribution in [3.8, 4) is 0 Å². The summed E-state index contributed by atoms with van der Waals surface area (Å²) in [6.45, 7) is 0.987. The summed E-state index contributed by atoms with van der Waals surface area (Å²) in [5, 5.41) is 10.5. The molecule has 0 bridgehead atoms. The molecule has 0 aromatic heterocycles. The van der Waals surface area contributed by atoms with Crippen LogP contribution in [0.5, 0.6) is 0 Å². The second-order valence-corrected chi connectivity index (χ2v) is 3.40. The zero-order chi connectivity index (χ0) is 9.14. The van der Waals surface area contributed by atoms with E-state index >= 15 is 0 Å². The Morgan fingerprint density at radius 1 is 1.57 bits per heavy atom. The summed E-state index contributed by atoms with van der Waals surface area (Å²) < 4.78 is 5.12. The number of thiocarbonyl (C=S) groups is 1. The van der Waals surface area contributed by atoms with Crippen molar-refractivity contribution in [1.29, 1.82) is 0 Å². The Hall–Kier alpha value is 1.54.